The SMILES string of the molecule is CCCC(C)(C)CNCC1(CNC)CC1. The molecule has 0 aromatic carbocycles. The van der Waals surface area contributed by atoms with Gasteiger partial charge < -0.3 is 10.6 Å². The van der Waals surface area contributed by atoms with Crippen LogP contribution in [0.4, 0.5) is 0 Å². The Bertz CT molecular complexity index is 175. The van der Waals surface area contributed by atoms with Crippen molar-refractivity contribution in [2.75, 3.05) is 26.7 Å². The zero-order valence-corrected chi connectivity index (χ0v) is 10.9. The molecular formula is C13H28N2. The fraction of sp³-hybridized carbons (Fsp3) is 1.00. The summed E-state index contributed by atoms with van der Waals surface area (Å²) in [7, 11) is 2.06. The van der Waals surface area contributed by atoms with Crippen molar-refractivity contribution in [2.24, 2.45) is 10.8 Å². The molecule has 0 heterocycles. The molecule has 2 heteroatoms. The fourth-order valence-electron chi connectivity index (χ4n) is 2.40. The third-order valence-electron chi connectivity index (χ3n) is 3.54. The summed E-state index contributed by atoms with van der Waals surface area (Å²) in [6, 6.07) is 0. The maximum absolute atomic E-state index is 3.66. The van der Waals surface area contributed by atoms with Crippen LogP contribution in [0.2, 0.25) is 0 Å². The van der Waals surface area contributed by atoms with E-state index in [0.29, 0.717) is 10.8 Å². The van der Waals surface area contributed by atoms with E-state index in [2.05, 4.69) is 38.5 Å². The molecule has 0 aromatic rings. The second kappa shape index (κ2) is 5.31. The van der Waals surface area contributed by atoms with Crippen LogP contribution in [0, 0.1) is 10.8 Å². The molecule has 2 nitrogen and oxygen atoms in total. The van der Waals surface area contributed by atoms with Gasteiger partial charge in [0.05, 0.1) is 0 Å². The van der Waals surface area contributed by atoms with Gasteiger partial charge in [0, 0.05) is 19.6 Å². The third-order valence-corrected chi connectivity index (χ3v) is 3.54. The Labute approximate surface area is 95.2 Å². The molecule has 1 aliphatic rings. The molecule has 0 amide bonds. The Morgan fingerprint density at radius 2 is 1.87 bits per heavy atom. The summed E-state index contributed by atoms with van der Waals surface area (Å²) >= 11 is 0. The quantitative estimate of drug-likeness (QED) is 0.645. The predicted octanol–water partition coefficient (Wildman–Crippen LogP) is 2.40. The first-order valence-corrected chi connectivity index (χ1v) is 6.39. The lowest BCUT2D eigenvalue weighted by atomic mass is 9.88. The van der Waals surface area contributed by atoms with E-state index in [9.17, 15) is 0 Å². The van der Waals surface area contributed by atoms with Gasteiger partial charge in [-0.1, -0.05) is 27.2 Å². The van der Waals surface area contributed by atoms with Gasteiger partial charge in [-0.25, -0.2) is 0 Å². The zero-order valence-electron chi connectivity index (χ0n) is 10.9. The van der Waals surface area contributed by atoms with E-state index in [1.165, 1.54) is 38.8 Å². The maximum atomic E-state index is 3.66. The summed E-state index contributed by atoms with van der Waals surface area (Å²) in [4.78, 5) is 0. The van der Waals surface area contributed by atoms with Crippen LogP contribution >= 0.6 is 0 Å². The highest BCUT2D eigenvalue weighted by Gasteiger charge is 2.41. The lowest BCUT2D eigenvalue weighted by Crippen LogP contribution is -2.36. The van der Waals surface area contributed by atoms with Crippen molar-refractivity contribution in [3.05, 3.63) is 0 Å². The van der Waals surface area contributed by atoms with Crippen molar-refractivity contribution in [3.63, 3.8) is 0 Å². The summed E-state index contributed by atoms with van der Waals surface area (Å²) in [5.74, 6) is 0. The van der Waals surface area contributed by atoms with Gasteiger partial charge in [-0.2, -0.15) is 0 Å². The van der Waals surface area contributed by atoms with Gasteiger partial charge in [0.2, 0.25) is 0 Å². The van der Waals surface area contributed by atoms with E-state index >= 15 is 0 Å². The van der Waals surface area contributed by atoms with E-state index in [4.69, 9.17) is 0 Å². The molecule has 15 heavy (non-hydrogen) atoms. The molecule has 0 bridgehead atoms. The van der Waals surface area contributed by atoms with Gasteiger partial charge in [0.15, 0.2) is 0 Å². The smallest absolute Gasteiger partial charge is 0.00202 e. The van der Waals surface area contributed by atoms with Gasteiger partial charge in [-0.3, -0.25) is 0 Å². The molecule has 0 radical (unpaired) electrons. The minimum atomic E-state index is 0.463. The van der Waals surface area contributed by atoms with Crippen molar-refractivity contribution in [3.8, 4) is 0 Å². The van der Waals surface area contributed by atoms with E-state index in [-0.39, 0.29) is 0 Å². The minimum Gasteiger partial charge on any atom is -0.319 e. The molecule has 0 aliphatic heterocycles. The average molecular weight is 212 g/mol. The van der Waals surface area contributed by atoms with Crippen molar-refractivity contribution >= 4 is 0 Å². The Kier molecular flexibility index (Phi) is 4.60. The topological polar surface area (TPSA) is 24.1 Å². The van der Waals surface area contributed by atoms with Crippen LogP contribution in [0.25, 0.3) is 0 Å². The first-order valence-electron chi connectivity index (χ1n) is 6.39. The normalized spacial score (nSPS) is 19.2. The molecule has 90 valence electrons. The van der Waals surface area contributed by atoms with Crippen LogP contribution in [0.15, 0.2) is 0 Å². The minimum absolute atomic E-state index is 0.463. The molecule has 0 saturated heterocycles. The molecule has 0 atom stereocenters. The lowest BCUT2D eigenvalue weighted by Gasteiger charge is -2.26. The average Bonchev–Trinajstić information content (AvgIpc) is 2.85. The Hall–Kier alpha value is -0.0800. The maximum Gasteiger partial charge on any atom is 0.00202 e. The first kappa shape index (κ1) is 13.0. The van der Waals surface area contributed by atoms with Gasteiger partial charge in [-0.15, -0.1) is 0 Å². The third kappa shape index (κ3) is 4.52. The van der Waals surface area contributed by atoms with Gasteiger partial charge in [0.1, 0.15) is 0 Å². The lowest BCUT2D eigenvalue weighted by molar-refractivity contribution is 0.296. The second-order valence-corrected chi connectivity index (χ2v) is 6.05. The fourth-order valence-corrected chi connectivity index (χ4v) is 2.40. The van der Waals surface area contributed by atoms with Crippen molar-refractivity contribution < 1.29 is 0 Å². The second-order valence-electron chi connectivity index (χ2n) is 6.05. The van der Waals surface area contributed by atoms with Crippen LogP contribution in [0.3, 0.4) is 0 Å². The van der Waals surface area contributed by atoms with Crippen LogP contribution < -0.4 is 10.6 Å². The number of hydrogen-bond acceptors (Lipinski definition) is 2. The number of rotatable bonds is 8. The Morgan fingerprint density at radius 1 is 1.20 bits per heavy atom. The summed E-state index contributed by atoms with van der Waals surface area (Å²) in [5, 5.41) is 6.96. The van der Waals surface area contributed by atoms with Crippen LogP contribution in [0.5, 0.6) is 0 Å². The molecule has 2 N–H and O–H groups in total. The van der Waals surface area contributed by atoms with Gasteiger partial charge >= 0.3 is 0 Å². The molecule has 0 aromatic heterocycles. The molecule has 1 fully saturated rings. The highest BCUT2D eigenvalue weighted by Crippen LogP contribution is 2.44. The highest BCUT2D eigenvalue weighted by atomic mass is 14.9. The summed E-state index contributed by atoms with van der Waals surface area (Å²) in [6.07, 6.45) is 5.40. The van der Waals surface area contributed by atoms with E-state index in [1.807, 2.05) is 0 Å². The molecular weight excluding hydrogens is 184 g/mol. The van der Waals surface area contributed by atoms with E-state index < -0.39 is 0 Å². The monoisotopic (exact) mass is 212 g/mol. The summed E-state index contributed by atoms with van der Waals surface area (Å²) in [6.45, 7) is 10.5. The zero-order chi connectivity index (χ0) is 11.4. The number of nitrogens with one attached hydrogen (secondary N) is 2. The van der Waals surface area contributed by atoms with Crippen molar-refractivity contribution in [1.82, 2.24) is 10.6 Å². The molecule has 0 unspecified atom stereocenters. The molecule has 0 spiro atoms. The van der Waals surface area contributed by atoms with Crippen molar-refractivity contribution in [1.29, 1.82) is 0 Å². The highest BCUT2D eigenvalue weighted by molar-refractivity contribution is 4.96. The molecule has 1 rings (SSSR count). The molecule has 1 saturated carbocycles. The predicted molar refractivity (Wildman–Crippen MR) is 67.2 cm³/mol. The standard InChI is InChI=1S/C13H28N2/c1-5-6-12(2,3)9-15-11-13(7-8-13)10-14-4/h14-15H,5-11H2,1-4H3. The van der Waals surface area contributed by atoms with E-state index in [0.717, 1.165) is 6.54 Å². The van der Waals surface area contributed by atoms with Crippen LogP contribution in [0.1, 0.15) is 46.5 Å². The van der Waals surface area contributed by atoms with Gasteiger partial charge in [-0.05, 0) is 37.1 Å². The first-order chi connectivity index (χ1) is 7.04. The van der Waals surface area contributed by atoms with Crippen LogP contribution in [-0.4, -0.2) is 26.7 Å². The van der Waals surface area contributed by atoms with E-state index in [1.54, 1.807) is 0 Å². The summed E-state index contributed by atoms with van der Waals surface area (Å²) in [5.41, 5.74) is 1.06. The summed E-state index contributed by atoms with van der Waals surface area (Å²) < 4.78 is 0. The molecule has 1 aliphatic carbocycles. The number of hydrogen-bond donors (Lipinski definition) is 2. The van der Waals surface area contributed by atoms with Crippen molar-refractivity contribution in [2.45, 2.75) is 46.5 Å². The van der Waals surface area contributed by atoms with Gasteiger partial charge in [0.25, 0.3) is 0 Å². The van der Waals surface area contributed by atoms with Crippen LogP contribution in [-0.2, 0) is 0 Å². The largest absolute Gasteiger partial charge is 0.319 e. The Morgan fingerprint density at radius 3 is 2.33 bits per heavy atom. The Balaban J connectivity index is 2.15.